The van der Waals surface area contributed by atoms with Crippen molar-refractivity contribution in [2.45, 2.75) is 12.1 Å². The van der Waals surface area contributed by atoms with Crippen LogP contribution in [0.15, 0.2) is 18.2 Å². The van der Waals surface area contributed by atoms with Crippen LogP contribution in [0.1, 0.15) is 17.2 Å². The predicted molar refractivity (Wildman–Crippen MR) is 74.6 cm³/mol. The number of ether oxygens (including phenoxy) is 2. The lowest BCUT2D eigenvalue weighted by Crippen LogP contribution is -2.57. The molecule has 5 heteroatoms. The Morgan fingerprint density at radius 2 is 2.40 bits per heavy atom. The Kier molecular flexibility index (Phi) is 3.88. The third kappa shape index (κ3) is 2.50. The van der Waals surface area contributed by atoms with Gasteiger partial charge in [0, 0.05) is 32.2 Å². The molecule has 2 saturated heterocycles. The molecule has 2 fully saturated rings. The van der Waals surface area contributed by atoms with E-state index < -0.39 is 0 Å². The molecule has 2 aliphatic heterocycles. The number of fused-ring (bicyclic) bond motifs is 1. The number of methoxy groups -OCH3 is 1. The Morgan fingerprint density at radius 3 is 3.20 bits per heavy atom. The zero-order valence-corrected chi connectivity index (χ0v) is 11.6. The maximum absolute atomic E-state index is 9.03. The number of piperazine rings is 1. The predicted octanol–water partition coefficient (Wildman–Crippen LogP) is 0.912. The van der Waals surface area contributed by atoms with Crippen LogP contribution in [0.2, 0.25) is 0 Å². The van der Waals surface area contributed by atoms with E-state index in [0.29, 0.717) is 17.4 Å². The number of nitrogens with zero attached hydrogens (tertiary/aromatic N) is 2. The minimum Gasteiger partial charge on any atom is -0.495 e. The lowest BCUT2D eigenvalue weighted by atomic mass is 10.0. The van der Waals surface area contributed by atoms with E-state index in [1.807, 2.05) is 12.1 Å². The maximum Gasteiger partial charge on any atom is 0.136 e. The highest BCUT2D eigenvalue weighted by Gasteiger charge is 2.31. The van der Waals surface area contributed by atoms with E-state index in [0.717, 1.165) is 38.3 Å². The van der Waals surface area contributed by atoms with Gasteiger partial charge in [0.25, 0.3) is 0 Å². The van der Waals surface area contributed by atoms with Crippen LogP contribution in [0.4, 0.5) is 0 Å². The molecule has 1 aromatic carbocycles. The van der Waals surface area contributed by atoms with Gasteiger partial charge in [0.2, 0.25) is 0 Å². The third-order valence-corrected chi connectivity index (χ3v) is 4.08. The Bertz CT molecular complexity index is 526. The lowest BCUT2D eigenvalue weighted by molar-refractivity contribution is -0.0718. The first kappa shape index (κ1) is 13.4. The van der Waals surface area contributed by atoms with Crippen molar-refractivity contribution >= 4 is 0 Å². The zero-order valence-electron chi connectivity index (χ0n) is 11.6. The van der Waals surface area contributed by atoms with Crippen LogP contribution in [0.3, 0.4) is 0 Å². The highest BCUT2D eigenvalue weighted by molar-refractivity contribution is 5.45. The summed E-state index contributed by atoms with van der Waals surface area (Å²) in [4.78, 5) is 2.48. The van der Waals surface area contributed by atoms with E-state index in [4.69, 9.17) is 14.7 Å². The van der Waals surface area contributed by atoms with Crippen molar-refractivity contribution in [1.29, 1.82) is 5.26 Å². The van der Waals surface area contributed by atoms with Crippen molar-refractivity contribution in [3.05, 3.63) is 29.3 Å². The highest BCUT2D eigenvalue weighted by Crippen LogP contribution is 2.29. The number of hydrogen-bond donors (Lipinski definition) is 1. The standard InChI is InChI=1S/C15H19N3O2/c1-19-14-6-11(2-3-12(14)7-16)15-9-18-5-4-17-8-13(18)10-20-15/h2-3,6,13,15,17H,4-5,8-10H2,1H3/t13-,15?/m1/s1. The summed E-state index contributed by atoms with van der Waals surface area (Å²) in [6.45, 7) is 4.77. The van der Waals surface area contributed by atoms with Crippen molar-refractivity contribution in [3.63, 3.8) is 0 Å². The Morgan fingerprint density at radius 1 is 1.50 bits per heavy atom. The van der Waals surface area contributed by atoms with Crippen LogP contribution in [-0.2, 0) is 4.74 Å². The average molecular weight is 273 g/mol. The fourth-order valence-corrected chi connectivity index (χ4v) is 2.90. The van der Waals surface area contributed by atoms with Gasteiger partial charge in [0.1, 0.15) is 11.8 Å². The van der Waals surface area contributed by atoms with E-state index >= 15 is 0 Å². The number of nitrogens with one attached hydrogen (secondary N) is 1. The SMILES string of the molecule is COc1cc(C2CN3CCNC[C@@H]3CO2)ccc1C#N. The summed E-state index contributed by atoms with van der Waals surface area (Å²) in [6.07, 6.45) is 0.0611. The fraction of sp³-hybridized carbons (Fsp3) is 0.533. The molecule has 0 aromatic heterocycles. The molecule has 1 N–H and O–H groups in total. The smallest absolute Gasteiger partial charge is 0.136 e. The molecule has 0 aliphatic carbocycles. The number of morpholine rings is 1. The molecule has 3 rings (SSSR count). The van der Waals surface area contributed by atoms with Gasteiger partial charge in [-0.15, -0.1) is 0 Å². The summed E-state index contributed by atoms with van der Waals surface area (Å²) in [5.41, 5.74) is 1.64. The maximum atomic E-state index is 9.03. The van der Waals surface area contributed by atoms with Gasteiger partial charge in [-0.1, -0.05) is 6.07 Å². The molecule has 106 valence electrons. The molecule has 0 bridgehead atoms. The second-order valence-electron chi connectivity index (χ2n) is 5.25. The second-order valence-corrected chi connectivity index (χ2v) is 5.25. The molecule has 0 spiro atoms. The molecule has 1 aromatic rings. The largest absolute Gasteiger partial charge is 0.495 e. The number of benzene rings is 1. The summed E-state index contributed by atoms with van der Waals surface area (Å²) < 4.78 is 11.3. The molecule has 5 nitrogen and oxygen atoms in total. The first-order valence-electron chi connectivity index (χ1n) is 6.96. The van der Waals surface area contributed by atoms with E-state index in [1.165, 1.54) is 0 Å². The first-order valence-corrected chi connectivity index (χ1v) is 6.96. The first-order chi connectivity index (χ1) is 9.81. The molecule has 20 heavy (non-hydrogen) atoms. The molecule has 2 heterocycles. The van der Waals surface area contributed by atoms with Crippen LogP contribution >= 0.6 is 0 Å². The normalized spacial score (nSPS) is 26.6. The summed E-state index contributed by atoms with van der Waals surface area (Å²) in [7, 11) is 1.59. The number of hydrogen-bond acceptors (Lipinski definition) is 5. The van der Waals surface area contributed by atoms with Gasteiger partial charge in [0.15, 0.2) is 0 Å². The summed E-state index contributed by atoms with van der Waals surface area (Å²) >= 11 is 0. The van der Waals surface area contributed by atoms with E-state index in [1.54, 1.807) is 13.2 Å². The molecule has 1 unspecified atom stereocenters. The molecule has 2 aliphatic rings. The van der Waals surface area contributed by atoms with Gasteiger partial charge in [-0.25, -0.2) is 0 Å². The third-order valence-electron chi connectivity index (χ3n) is 4.08. The van der Waals surface area contributed by atoms with Gasteiger partial charge < -0.3 is 14.8 Å². The van der Waals surface area contributed by atoms with Crippen LogP contribution < -0.4 is 10.1 Å². The van der Waals surface area contributed by atoms with E-state index in [9.17, 15) is 0 Å². The number of nitriles is 1. The van der Waals surface area contributed by atoms with Crippen molar-refractivity contribution in [2.75, 3.05) is 39.9 Å². The minimum atomic E-state index is 0.0611. The lowest BCUT2D eigenvalue weighted by Gasteiger charge is -2.42. The molecule has 0 radical (unpaired) electrons. The Balaban J connectivity index is 1.78. The van der Waals surface area contributed by atoms with Gasteiger partial charge in [0.05, 0.1) is 25.4 Å². The zero-order chi connectivity index (χ0) is 13.9. The van der Waals surface area contributed by atoms with Gasteiger partial charge in [-0.3, -0.25) is 4.90 Å². The molecule has 0 saturated carbocycles. The molecular formula is C15H19N3O2. The Labute approximate surface area is 119 Å². The molecule has 0 amide bonds. The number of rotatable bonds is 2. The highest BCUT2D eigenvalue weighted by atomic mass is 16.5. The van der Waals surface area contributed by atoms with Crippen molar-refractivity contribution in [2.24, 2.45) is 0 Å². The van der Waals surface area contributed by atoms with Crippen LogP contribution in [0, 0.1) is 11.3 Å². The van der Waals surface area contributed by atoms with Gasteiger partial charge in [-0.05, 0) is 17.7 Å². The van der Waals surface area contributed by atoms with Crippen molar-refractivity contribution in [3.8, 4) is 11.8 Å². The van der Waals surface area contributed by atoms with Crippen molar-refractivity contribution in [1.82, 2.24) is 10.2 Å². The summed E-state index contributed by atoms with van der Waals surface area (Å²) in [5.74, 6) is 0.621. The Hall–Kier alpha value is -1.61. The van der Waals surface area contributed by atoms with Gasteiger partial charge in [-0.2, -0.15) is 5.26 Å². The van der Waals surface area contributed by atoms with Crippen LogP contribution in [-0.4, -0.2) is 50.8 Å². The quantitative estimate of drug-likeness (QED) is 0.868. The van der Waals surface area contributed by atoms with E-state index in [-0.39, 0.29) is 6.10 Å². The van der Waals surface area contributed by atoms with Crippen molar-refractivity contribution < 1.29 is 9.47 Å². The topological polar surface area (TPSA) is 57.5 Å². The minimum absolute atomic E-state index is 0.0611. The van der Waals surface area contributed by atoms with Crippen LogP contribution in [0.25, 0.3) is 0 Å². The fourth-order valence-electron chi connectivity index (χ4n) is 2.90. The molecular weight excluding hydrogens is 254 g/mol. The summed E-state index contributed by atoms with van der Waals surface area (Å²) in [5, 5.41) is 12.4. The summed E-state index contributed by atoms with van der Waals surface area (Å²) in [6, 6.07) is 8.32. The van der Waals surface area contributed by atoms with Crippen LogP contribution in [0.5, 0.6) is 5.75 Å². The monoisotopic (exact) mass is 273 g/mol. The average Bonchev–Trinajstić information content (AvgIpc) is 2.53. The molecule has 2 atom stereocenters. The van der Waals surface area contributed by atoms with E-state index in [2.05, 4.69) is 16.3 Å². The second kappa shape index (κ2) is 5.80. The van der Waals surface area contributed by atoms with Gasteiger partial charge >= 0.3 is 0 Å².